The van der Waals surface area contributed by atoms with Gasteiger partial charge in [0.1, 0.15) is 0 Å². The maximum Gasteiger partial charge on any atom is 0.0537 e. The van der Waals surface area contributed by atoms with Crippen LogP contribution < -0.4 is 5.32 Å². The lowest BCUT2D eigenvalue weighted by Gasteiger charge is -2.24. The Morgan fingerprint density at radius 2 is 2.50 bits per heavy atom. The van der Waals surface area contributed by atoms with Crippen molar-refractivity contribution in [3.63, 3.8) is 0 Å². The Balaban J connectivity index is 1.99. The number of nitrogens with one attached hydrogen (secondary N) is 1. The Morgan fingerprint density at radius 1 is 1.62 bits per heavy atom. The summed E-state index contributed by atoms with van der Waals surface area (Å²) in [6.45, 7) is 2.22. The summed E-state index contributed by atoms with van der Waals surface area (Å²) in [5, 5.41) is 7.93. The van der Waals surface area contributed by atoms with Crippen LogP contribution in [0.15, 0.2) is 24.5 Å². The van der Waals surface area contributed by atoms with Gasteiger partial charge in [-0.05, 0) is 25.7 Å². The Hall–Kier alpha value is -1.09. The molecule has 88 valence electrons. The van der Waals surface area contributed by atoms with Crippen LogP contribution in [-0.2, 0) is 7.05 Å². The first kappa shape index (κ1) is 11.4. The second-order valence-corrected chi connectivity index (χ2v) is 4.54. The molecule has 2 atom stereocenters. The van der Waals surface area contributed by atoms with E-state index >= 15 is 0 Å². The summed E-state index contributed by atoms with van der Waals surface area (Å²) >= 11 is 0. The van der Waals surface area contributed by atoms with Crippen LogP contribution in [0.2, 0.25) is 0 Å². The van der Waals surface area contributed by atoms with Crippen molar-refractivity contribution in [2.24, 2.45) is 7.05 Å². The van der Waals surface area contributed by atoms with Gasteiger partial charge in [0.25, 0.3) is 0 Å². The van der Waals surface area contributed by atoms with Crippen LogP contribution in [0.1, 0.15) is 44.2 Å². The molecule has 1 aliphatic carbocycles. The third-order valence-electron chi connectivity index (χ3n) is 3.21. The molecule has 0 spiro atoms. The molecule has 0 aromatic carbocycles. The van der Waals surface area contributed by atoms with Crippen LogP contribution in [0.4, 0.5) is 0 Å². The standard InChI is InChI=1S/C13H21N3/c1-3-13(11-9-14-16(2)10-11)15-12-7-5-4-6-8-12/h5,7,9-10,12-13,15H,3-4,6,8H2,1-2H3. The zero-order chi connectivity index (χ0) is 11.4. The summed E-state index contributed by atoms with van der Waals surface area (Å²) in [6.07, 6.45) is 13.6. The Bertz CT molecular complexity index is 354. The summed E-state index contributed by atoms with van der Waals surface area (Å²) in [5.41, 5.74) is 1.30. The first-order chi connectivity index (χ1) is 7.79. The Kier molecular flexibility index (Phi) is 3.78. The minimum atomic E-state index is 0.432. The van der Waals surface area contributed by atoms with Crippen molar-refractivity contribution < 1.29 is 0 Å². The van der Waals surface area contributed by atoms with Crippen molar-refractivity contribution in [3.8, 4) is 0 Å². The van der Waals surface area contributed by atoms with Crippen LogP contribution in [0.3, 0.4) is 0 Å². The molecule has 2 rings (SSSR count). The maximum atomic E-state index is 4.24. The number of rotatable bonds is 4. The van der Waals surface area contributed by atoms with E-state index < -0.39 is 0 Å². The molecule has 1 N–H and O–H groups in total. The summed E-state index contributed by atoms with van der Waals surface area (Å²) in [6, 6.07) is 0.973. The smallest absolute Gasteiger partial charge is 0.0537 e. The van der Waals surface area contributed by atoms with E-state index in [4.69, 9.17) is 0 Å². The predicted molar refractivity (Wildman–Crippen MR) is 66.2 cm³/mol. The van der Waals surface area contributed by atoms with E-state index in [0.29, 0.717) is 12.1 Å². The van der Waals surface area contributed by atoms with Crippen molar-refractivity contribution in [2.75, 3.05) is 0 Å². The second-order valence-electron chi connectivity index (χ2n) is 4.54. The molecule has 3 heteroatoms. The molecule has 1 heterocycles. The van der Waals surface area contributed by atoms with Crippen LogP contribution in [-0.4, -0.2) is 15.8 Å². The lowest BCUT2D eigenvalue weighted by molar-refractivity contribution is 0.438. The predicted octanol–water partition coefficient (Wildman–Crippen LogP) is 2.57. The molecule has 0 fully saturated rings. The van der Waals surface area contributed by atoms with Gasteiger partial charge in [0.2, 0.25) is 0 Å². The lowest BCUT2D eigenvalue weighted by atomic mass is 10.00. The number of aromatic nitrogens is 2. The molecular formula is C13H21N3. The number of hydrogen-bond donors (Lipinski definition) is 1. The van der Waals surface area contributed by atoms with Crippen molar-refractivity contribution in [1.82, 2.24) is 15.1 Å². The highest BCUT2D eigenvalue weighted by Gasteiger charge is 2.16. The molecule has 2 unspecified atom stereocenters. The van der Waals surface area contributed by atoms with E-state index in [9.17, 15) is 0 Å². The van der Waals surface area contributed by atoms with Crippen LogP contribution >= 0.6 is 0 Å². The van der Waals surface area contributed by atoms with Crippen LogP contribution in [0.5, 0.6) is 0 Å². The average Bonchev–Trinajstić information content (AvgIpc) is 2.74. The van der Waals surface area contributed by atoms with Crippen LogP contribution in [0.25, 0.3) is 0 Å². The van der Waals surface area contributed by atoms with E-state index in [1.807, 2.05) is 17.9 Å². The molecule has 0 amide bonds. The fraction of sp³-hybridized carbons (Fsp3) is 0.615. The highest BCUT2D eigenvalue weighted by Crippen LogP contribution is 2.19. The molecule has 0 saturated carbocycles. The fourth-order valence-corrected chi connectivity index (χ4v) is 2.28. The van der Waals surface area contributed by atoms with Crippen LogP contribution in [0, 0.1) is 0 Å². The number of hydrogen-bond acceptors (Lipinski definition) is 2. The van der Waals surface area contributed by atoms with Crippen molar-refractivity contribution in [1.29, 1.82) is 0 Å². The molecule has 16 heavy (non-hydrogen) atoms. The first-order valence-corrected chi connectivity index (χ1v) is 6.21. The minimum Gasteiger partial charge on any atom is -0.304 e. The summed E-state index contributed by atoms with van der Waals surface area (Å²) < 4.78 is 1.87. The molecule has 0 saturated heterocycles. The third-order valence-corrected chi connectivity index (χ3v) is 3.21. The first-order valence-electron chi connectivity index (χ1n) is 6.21. The minimum absolute atomic E-state index is 0.432. The number of aryl methyl sites for hydroxylation is 1. The quantitative estimate of drug-likeness (QED) is 0.789. The van der Waals surface area contributed by atoms with Gasteiger partial charge in [-0.2, -0.15) is 5.10 Å². The van der Waals surface area contributed by atoms with Gasteiger partial charge >= 0.3 is 0 Å². The van der Waals surface area contributed by atoms with Crippen molar-refractivity contribution >= 4 is 0 Å². The third kappa shape index (κ3) is 2.73. The second kappa shape index (κ2) is 5.30. The summed E-state index contributed by atoms with van der Waals surface area (Å²) in [5.74, 6) is 0. The Labute approximate surface area is 97.5 Å². The highest BCUT2D eigenvalue weighted by atomic mass is 15.2. The van der Waals surface area contributed by atoms with E-state index in [-0.39, 0.29) is 0 Å². The monoisotopic (exact) mass is 219 g/mol. The normalized spacial score (nSPS) is 22.2. The molecule has 0 aliphatic heterocycles. The van der Waals surface area contributed by atoms with Gasteiger partial charge in [-0.3, -0.25) is 4.68 Å². The molecule has 0 bridgehead atoms. The molecule has 1 aliphatic rings. The topological polar surface area (TPSA) is 29.9 Å². The van der Waals surface area contributed by atoms with Gasteiger partial charge in [-0.25, -0.2) is 0 Å². The highest BCUT2D eigenvalue weighted by molar-refractivity contribution is 5.11. The van der Waals surface area contributed by atoms with Gasteiger partial charge in [-0.1, -0.05) is 19.1 Å². The average molecular weight is 219 g/mol. The summed E-state index contributed by atoms with van der Waals surface area (Å²) in [4.78, 5) is 0. The van der Waals surface area contributed by atoms with Gasteiger partial charge in [0, 0.05) is 30.9 Å². The van der Waals surface area contributed by atoms with E-state index in [2.05, 4.69) is 35.7 Å². The van der Waals surface area contributed by atoms with Gasteiger partial charge < -0.3 is 5.32 Å². The zero-order valence-corrected chi connectivity index (χ0v) is 10.2. The largest absolute Gasteiger partial charge is 0.304 e. The van der Waals surface area contributed by atoms with Gasteiger partial charge in [0.15, 0.2) is 0 Å². The lowest BCUT2D eigenvalue weighted by Crippen LogP contribution is -2.32. The molecule has 1 aromatic rings. The van der Waals surface area contributed by atoms with E-state index in [1.54, 1.807) is 0 Å². The summed E-state index contributed by atoms with van der Waals surface area (Å²) in [7, 11) is 1.97. The van der Waals surface area contributed by atoms with Gasteiger partial charge in [-0.15, -0.1) is 0 Å². The SMILES string of the molecule is CCC(NC1C=CCCC1)c1cnn(C)c1. The van der Waals surface area contributed by atoms with Gasteiger partial charge in [0.05, 0.1) is 6.20 Å². The molecule has 1 aromatic heterocycles. The Morgan fingerprint density at radius 3 is 3.06 bits per heavy atom. The maximum absolute atomic E-state index is 4.24. The number of nitrogens with zero attached hydrogens (tertiary/aromatic N) is 2. The van der Waals surface area contributed by atoms with E-state index in [1.165, 1.54) is 24.8 Å². The molecule has 0 radical (unpaired) electrons. The molecule has 3 nitrogen and oxygen atoms in total. The number of allylic oxidation sites excluding steroid dienone is 1. The van der Waals surface area contributed by atoms with E-state index in [0.717, 1.165) is 6.42 Å². The fourth-order valence-electron chi connectivity index (χ4n) is 2.28. The zero-order valence-electron chi connectivity index (χ0n) is 10.2. The van der Waals surface area contributed by atoms with Crippen molar-refractivity contribution in [2.45, 2.75) is 44.7 Å². The van der Waals surface area contributed by atoms with Crippen molar-refractivity contribution in [3.05, 3.63) is 30.1 Å². The molecular weight excluding hydrogens is 198 g/mol.